The number of likely N-dealkylation sites (tertiary alicyclic amines) is 1. The molecule has 0 saturated carbocycles. The van der Waals surface area contributed by atoms with Crippen molar-refractivity contribution in [2.24, 2.45) is 4.99 Å². The Kier molecular flexibility index (Phi) is 10.2. The molecular formula is C22H38N4O. The molecule has 5 nitrogen and oxygen atoms in total. The molecule has 0 radical (unpaired) electrons. The Morgan fingerprint density at radius 2 is 1.93 bits per heavy atom. The van der Waals surface area contributed by atoms with E-state index < -0.39 is 0 Å². The quantitative estimate of drug-likeness (QED) is 0.374. The molecule has 5 heteroatoms. The highest BCUT2D eigenvalue weighted by Crippen LogP contribution is 2.12. The molecule has 2 rings (SSSR count). The largest absolute Gasteiger partial charge is 0.377 e. The Balaban J connectivity index is 1.60. The van der Waals surface area contributed by atoms with Crippen LogP contribution >= 0.6 is 0 Å². The van der Waals surface area contributed by atoms with Crippen molar-refractivity contribution < 1.29 is 4.74 Å². The van der Waals surface area contributed by atoms with E-state index in [4.69, 9.17) is 9.73 Å². The van der Waals surface area contributed by atoms with Crippen molar-refractivity contribution in [1.29, 1.82) is 0 Å². The molecular weight excluding hydrogens is 336 g/mol. The average molecular weight is 375 g/mol. The minimum Gasteiger partial charge on any atom is -0.377 e. The molecule has 27 heavy (non-hydrogen) atoms. The molecule has 0 bridgehead atoms. The van der Waals surface area contributed by atoms with Crippen LogP contribution in [-0.2, 0) is 11.3 Å². The van der Waals surface area contributed by atoms with Gasteiger partial charge in [-0.05, 0) is 52.0 Å². The number of piperidine rings is 1. The maximum absolute atomic E-state index is 5.74. The van der Waals surface area contributed by atoms with Gasteiger partial charge < -0.3 is 20.3 Å². The second-order valence-corrected chi connectivity index (χ2v) is 7.55. The number of rotatable bonds is 10. The van der Waals surface area contributed by atoms with Crippen molar-refractivity contribution in [1.82, 2.24) is 15.5 Å². The predicted octanol–water partition coefficient (Wildman–Crippen LogP) is 3.41. The molecule has 1 saturated heterocycles. The van der Waals surface area contributed by atoms with Crippen molar-refractivity contribution in [3.8, 4) is 0 Å². The molecule has 0 spiro atoms. The first-order valence-electron chi connectivity index (χ1n) is 10.6. The molecule has 0 amide bonds. The van der Waals surface area contributed by atoms with Crippen LogP contribution in [0.2, 0.25) is 0 Å². The Labute approximate surface area is 165 Å². The second kappa shape index (κ2) is 12.7. The van der Waals surface area contributed by atoms with E-state index in [9.17, 15) is 0 Å². The lowest BCUT2D eigenvalue weighted by Gasteiger charge is -2.35. The Morgan fingerprint density at radius 1 is 1.19 bits per heavy atom. The van der Waals surface area contributed by atoms with Gasteiger partial charge in [-0.15, -0.1) is 0 Å². The fourth-order valence-electron chi connectivity index (χ4n) is 3.34. The normalized spacial score (nSPS) is 16.7. The van der Waals surface area contributed by atoms with E-state index in [1.165, 1.54) is 31.5 Å². The summed E-state index contributed by atoms with van der Waals surface area (Å²) in [5.74, 6) is 0.964. The maximum atomic E-state index is 5.74. The van der Waals surface area contributed by atoms with Gasteiger partial charge in [0.25, 0.3) is 0 Å². The summed E-state index contributed by atoms with van der Waals surface area (Å²) >= 11 is 0. The van der Waals surface area contributed by atoms with Gasteiger partial charge in [0.1, 0.15) is 0 Å². The van der Waals surface area contributed by atoms with Crippen LogP contribution < -0.4 is 10.6 Å². The number of hydrogen-bond acceptors (Lipinski definition) is 3. The summed E-state index contributed by atoms with van der Waals surface area (Å²) in [6.45, 7) is 12.3. The van der Waals surface area contributed by atoms with Crippen LogP contribution in [0.1, 0.15) is 52.0 Å². The zero-order chi connectivity index (χ0) is 19.3. The summed E-state index contributed by atoms with van der Waals surface area (Å²) < 4.78 is 5.74. The molecule has 1 aliphatic heterocycles. The fraction of sp³-hybridized carbons (Fsp3) is 0.682. The van der Waals surface area contributed by atoms with Crippen molar-refractivity contribution in [3.63, 3.8) is 0 Å². The second-order valence-electron chi connectivity index (χ2n) is 7.55. The van der Waals surface area contributed by atoms with Crippen LogP contribution in [0.15, 0.2) is 35.3 Å². The molecule has 1 aliphatic rings. The zero-order valence-corrected chi connectivity index (χ0v) is 17.4. The van der Waals surface area contributed by atoms with Gasteiger partial charge in [-0.1, -0.05) is 30.3 Å². The summed E-state index contributed by atoms with van der Waals surface area (Å²) in [6.07, 6.45) is 4.48. The minimum absolute atomic E-state index is 0.534. The van der Waals surface area contributed by atoms with E-state index >= 15 is 0 Å². The first-order chi connectivity index (χ1) is 13.2. The molecule has 0 atom stereocenters. The molecule has 2 N–H and O–H groups in total. The third-order valence-corrected chi connectivity index (χ3v) is 5.02. The van der Waals surface area contributed by atoms with Gasteiger partial charge in [0.05, 0.1) is 6.61 Å². The first kappa shape index (κ1) is 21.7. The maximum Gasteiger partial charge on any atom is 0.191 e. The van der Waals surface area contributed by atoms with E-state index in [0.717, 1.165) is 38.5 Å². The number of guanidine groups is 1. The lowest BCUT2D eigenvalue weighted by atomic mass is 10.0. The third-order valence-electron chi connectivity index (χ3n) is 5.02. The summed E-state index contributed by atoms with van der Waals surface area (Å²) in [4.78, 5) is 7.30. The van der Waals surface area contributed by atoms with Crippen molar-refractivity contribution >= 4 is 5.96 Å². The Morgan fingerprint density at radius 3 is 2.59 bits per heavy atom. The van der Waals surface area contributed by atoms with Gasteiger partial charge in [-0.25, -0.2) is 0 Å². The highest BCUT2D eigenvalue weighted by Gasteiger charge is 2.21. The number of nitrogens with zero attached hydrogens (tertiary/aromatic N) is 2. The minimum atomic E-state index is 0.534. The van der Waals surface area contributed by atoms with Crippen LogP contribution in [0.4, 0.5) is 0 Å². The Hall–Kier alpha value is -1.59. The number of nitrogens with one attached hydrogen (secondary N) is 2. The van der Waals surface area contributed by atoms with Crippen molar-refractivity contribution in [2.75, 3.05) is 32.8 Å². The highest BCUT2D eigenvalue weighted by atomic mass is 16.5. The summed E-state index contributed by atoms with van der Waals surface area (Å²) in [5, 5.41) is 7.00. The van der Waals surface area contributed by atoms with Crippen LogP contribution in [-0.4, -0.2) is 55.7 Å². The molecule has 0 unspecified atom stereocenters. The number of unbranched alkanes of at least 4 members (excludes halogenated alkanes) is 1. The van der Waals surface area contributed by atoms with Crippen LogP contribution in [0.5, 0.6) is 0 Å². The molecule has 1 aromatic rings. The monoisotopic (exact) mass is 374 g/mol. The highest BCUT2D eigenvalue weighted by molar-refractivity contribution is 5.80. The lowest BCUT2D eigenvalue weighted by Crippen LogP contribution is -2.49. The SMILES string of the molecule is CCNC(=NCCCCOCc1ccccc1)NC1CCN(C(C)C)CC1. The number of ether oxygens (including phenoxy) is 1. The first-order valence-corrected chi connectivity index (χ1v) is 10.6. The van der Waals surface area contributed by atoms with E-state index in [-0.39, 0.29) is 0 Å². The number of hydrogen-bond donors (Lipinski definition) is 2. The summed E-state index contributed by atoms with van der Waals surface area (Å²) in [5.41, 5.74) is 1.23. The van der Waals surface area contributed by atoms with Gasteiger partial charge in [0.15, 0.2) is 5.96 Å². The summed E-state index contributed by atoms with van der Waals surface area (Å²) in [6, 6.07) is 11.5. The van der Waals surface area contributed by atoms with E-state index in [0.29, 0.717) is 18.7 Å². The van der Waals surface area contributed by atoms with Crippen molar-refractivity contribution in [2.45, 2.75) is 65.1 Å². The van der Waals surface area contributed by atoms with Gasteiger partial charge in [0, 0.05) is 44.9 Å². The molecule has 0 aromatic heterocycles. The van der Waals surface area contributed by atoms with Crippen molar-refractivity contribution in [3.05, 3.63) is 35.9 Å². The van der Waals surface area contributed by atoms with Gasteiger partial charge >= 0.3 is 0 Å². The Bertz CT molecular complexity index is 524. The molecule has 152 valence electrons. The topological polar surface area (TPSA) is 48.9 Å². The predicted molar refractivity (Wildman–Crippen MR) is 114 cm³/mol. The van der Waals surface area contributed by atoms with E-state index in [2.05, 4.69) is 60.6 Å². The average Bonchev–Trinajstić information content (AvgIpc) is 2.68. The summed E-state index contributed by atoms with van der Waals surface area (Å²) in [7, 11) is 0. The van der Waals surface area contributed by atoms with E-state index in [1.807, 2.05) is 6.07 Å². The smallest absolute Gasteiger partial charge is 0.191 e. The van der Waals surface area contributed by atoms with Crippen LogP contribution in [0.3, 0.4) is 0 Å². The van der Waals surface area contributed by atoms with Crippen LogP contribution in [0, 0.1) is 0 Å². The zero-order valence-electron chi connectivity index (χ0n) is 17.4. The van der Waals surface area contributed by atoms with Gasteiger partial charge in [-0.2, -0.15) is 0 Å². The van der Waals surface area contributed by atoms with Gasteiger partial charge in [0.2, 0.25) is 0 Å². The van der Waals surface area contributed by atoms with Crippen LogP contribution in [0.25, 0.3) is 0 Å². The molecule has 0 aliphatic carbocycles. The molecule has 1 heterocycles. The van der Waals surface area contributed by atoms with Gasteiger partial charge in [-0.3, -0.25) is 4.99 Å². The molecule has 1 fully saturated rings. The lowest BCUT2D eigenvalue weighted by molar-refractivity contribution is 0.117. The number of aliphatic imine (C=N–C) groups is 1. The third kappa shape index (κ3) is 8.76. The number of benzene rings is 1. The van der Waals surface area contributed by atoms with E-state index in [1.54, 1.807) is 0 Å². The fourth-order valence-corrected chi connectivity index (χ4v) is 3.34. The molecule has 1 aromatic carbocycles. The standard InChI is InChI=1S/C22H38N4O/c1-4-23-22(25-21-12-15-26(16-13-21)19(2)3)24-14-8-9-17-27-18-20-10-6-5-7-11-20/h5-7,10-11,19,21H,4,8-9,12-18H2,1-3H3,(H2,23,24,25).